The number of sulfonamides is 1. The summed E-state index contributed by atoms with van der Waals surface area (Å²) in [5.74, 6) is 1.90. The van der Waals surface area contributed by atoms with Gasteiger partial charge in [0.2, 0.25) is 0 Å². The fraction of sp³-hybridized carbons (Fsp3) is 0.333. The molecule has 0 amide bonds. The first-order valence-corrected chi connectivity index (χ1v) is 10.1. The van der Waals surface area contributed by atoms with Gasteiger partial charge in [-0.2, -0.15) is 0 Å². The van der Waals surface area contributed by atoms with Crippen LogP contribution in [-0.4, -0.2) is 37.2 Å². The molecule has 8 nitrogen and oxygen atoms in total. The molecule has 2 heterocycles. The zero-order chi connectivity index (χ0) is 19.0. The third-order valence-electron chi connectivity index (χ3n) is 4.84. The van der Waals surface area contributed by atoms with Crippen molar-refractivity contribution in [2.75, 3.05) is 18.9 Å². The van der Waals surface area contributed by atoms with Crippen LogP contribution < -0.4 is 14.2 Å². The van der Waals surface area contributed by atoms with Gasteiger partial charge in [0.15, 0.2) is 5.65 Å². The summed E-state index contributed by atoms with van der Waals surface area (Å²) >= 11 is 0. The van der Waals surface area contributed by atoms with E-state index in [1.165, 1.54) is 26.7 Å². The predicted octanol–water partition coefficient (Wildman–Crippen LogP) is 2.81. The molecule has 0 radical (unpaired) electrons. The van der Waals surface area contributed by atoms with Crippen molar-refractivity contribution in [1.82, 2.24) is 14.6 Å². The highest BCUT2D eigenvalue weighted by Gasteiger charge is 2.26. The smallest absolute Gasteiger partial charge is 0.265 e. The highest BCUT2D eigenvalue weighted by molar-refractivity contribution is 7.92. The van der Waals surface area contributed by atoms with Crippen LogP contribution >= 0.6 is 0 Å². The van der Waals surface area contributed by atoms with Gasteiger partial charge in [-0.3, -0.25) is 9.12 Å². The van der Waals surface area contributed by atoms with Crippen molar-refractivity contribution in [1.29, 1.82) is 0 Å². The van der Waals surface area contributed by atoms with Crippen molar-refractivity contribution >= 4 is 21.4 Å². The van der Waals surface area contributed by atoms with Crippen molar-refractivity contribution in [3.8, 4) is 11.5 Å². The van der Waals surface area contributed by atoms with Gasteiger partial charge in [0.1, 0.15) is 22.2 Å². The van der Waals surface area contributed by atoms with Gasteiger partial charge in [0.05, 0.1) is 19.9 Å². The van der Waals surface area contributed by atoms with Gasteiger partial charge >= 0.3 is 0 Å². The minimum absolute atomic E-state index is 0.00918. The summed E-state index contributed by atoms with van der Waals surface area (Å²) in [6.45, 7) is 0. The third kappa shape index (κ3) is 3.08. The van der Waals surface area contributed by atoms with E-state index >= 15 is 0 Å². The normalized spacial score (nSPS) is 14.7. The average Bonchev–Trinajstić information content (AvgIpc) is 3.04. The highest BCUT2D eigenvalue weighted by Crippen LogP contribution is 2.36. The lowest BCUT2D eigenvalue weighted by atomic mass is 9.85. The predicted molar refractivity (Wildman–Crippen MR) is 99.9 cm³/mol. The number of ether oxygens (including phenoxy) is 2. The second kappa shape index (κ2) is 6.73. The SMILES string of the molecule is COc1ccc(OC)c(S(=O)(=O)Nc2cccn3c(C4CCC4)nnc23)c1. The number of fused-ring (bicyclic) bond motifs is 1. The minimum Gasteiger partial charge on any atom is -0.497 e. The number of rotatable bonds is 6. The summed E-state index contributed by atoms with van der Waals surface area (Å²) in [6.07, 6.45) is 5.20. The van der Waals surface area contributed by atoms with Crippen molar-refractivity contribution in [2.45, 2.75) is 30.1 Å². The number of anilines is 1. The van der Waals surface area contributed by atoms with E-state index < -0.39 is 10.0 Å². The molecule has 1 saturated carbocycles. The zero-order valence-corrected chi connectivity index (χ0v) is 15.9. The van der Waals surface area contributed by atoms with Crippen molar-refractivity contribution in [3.63, 3.8) is 0 Å². The van der Waals surface area contributed by atoms with E-state index in [0.29, 0.717) is 23.0 Å². The first-order chi connectivity index (χ1) is 13.0. The second-order valence-electron chi connectivity index (χ2n) is 6.42. The fourth-order valence-corrected chi connectivity index (χ4v) is 4.40. The van der Waals surface area contributed by atoms with Crippen LogP contribution in [0.2, 0.25) is 0 Å². The van der Waals surface area contributed by atoms with Gasteiger partial charge in [-0.25, -0.2) is 8.42 Å². The molecule has 0 saturated heterocycles. The number of methoxy groups -OCH3 is 2. The Labute approximate surface area is 157 Å². The molecule has 142 valence electrons. The van der Waals surface area contributed by atoms with Crippen LogP contribution in [0, 0.1) is 0 Å². The molecule has 9 heteroatoms. The molecule has 1 aliphatic carbocycles. The Kier molecular flexibility index (Phi) is 4.39. The van der Waals surface area contributed by atoms with E-state index in [1.807, 2.05) is 10.6 Å². The second-order valence-corrected chi connectivity index (χ2v) is 8.07. The lowest BCUT2D eigenvalue weighted by molar-refractivity contribution is 0.392. The van der Waals surface area contributed by atoms with E-state index in [4.69, 9.17) is 9.47 Å². The number of aromatic nitrogens is 3. The summed E-state index contributed by atoms with van der Waals surface area (Å²) in [6, 6.07) is 8.06. The molecule has 1 N–H and O–H groups in total. The molecular weight excluding hydrogens is 368 g/mol. The Hall–Kier alpha value is -2.81. The van der Waals surface area contributed by atoms with E-state index in [2.05, 4.69) is 14.9 Å². The molecule has 1 aliphatic rings. The van der Waals surface area contributed by atoms with Crippen LogP contribution in [0.15, 0.2) is 41.4 Å². The molecule has 0 aliphatic heterocycles. The monoisotopic (exact) mass is 388 g/mol. The standard InChI is InChI=1S/C18H20N4O4S/c1-25-13-8-9-15(26-2)16(11-13)27(23,24)21-14-7-4-10-22-17(12-5-3-6-12)19-20-18(14)22/h4,7-12,21H,3,5-6H2,1-2H3. The van der Waals surface area contributed by atoms with Crippen LogP contribution in [0.3, 0.4) is 0 Å². The molecule has 0 spiro atoms. The molecule has 27 heavy (non-hydrogen) atoms. The van der Waals surface area contributed by atoms with E-state index in [0.717, 1.165) is 18.7 Å². The average molecular weight is 388 g/mol. The molecule has 0 atom stereocenters. The quantitative estimate of drug-likeness (QED) is 0.698. The molecule has 3 aromatic rings. The van der Waals surface area contributed by atoms with Gasteiger partial charge < -0.3 is 9.47 Å². The largest absolute Gasteiger partial charge is 0.497 e. The van der Waals surface area contributed by atoms with Gasteiger partial charge in [0, 0.05) is 18.2 Å². The summed E-state index contributed by atoms with van der Waals surface area (Å²) in [7, 11) is -1.02. The Balaban J connectivity index is 1.74. The topological polar surface area (TPSA) is 94.8 Å². The van der Waals surface area contributed by atoms with E-state index in [-0.39, 0.29) is 10.6 Å². The number of benzene rings is 1. The van der Waals surface area contributed by atoms with Gasteiger partial charge in [-0.05, 0) is 37.1 Å². The Morgan fingerprint density at radius 1 is 1.15 bits per heavy atom. The summed E-state index contributed by atoms with van der Waals surface area (Å²) < 4.78 is 40.8. The van der Waals surface area contributed by atoms with Crippen LogP contribution in [0.25, 0.3) is 5.65 Å². The first-order valence-electron chi connectivity index (χ1n) is 8.62. The molecule has 1 aromatic carbocycles. The van der Waals surface area contributed by atoms with Crippen molar-refractivity contribution in [3.05, 3.63) is 42.4 Å². The Morgan fingerprint density at radius 2 is 1.96 bits per heavy atom. The fourth-order valence-electron chi connectivity index (χ4n) is 3.15. The summed E-state index contributed by atoms with van der Waals surface area (Å²) in [5, 5.41) is 8.48. The molecule has 1 fully saturated rings. The van der Waals surface area contributed by atoms with E-state index in [9.17, 15) is 8.42 Å². The molecule has 4 rings (SSSR count). The van der Waals surface area contributed by atoms with Gasteiger partial charge in [-0.1, -0.05) is 6.42 Å². The van der Waals surface area contributed by atoms with Crippen LogP contribution in [0.1, 0.15) is 31.0 Å². The van der Waals surface area contributed by atoms with Crippen LogP contribution in [0.4, 0.5) is 5.69 Å². The number of pyridine rings is 1. The van der Waals surface area contributed by atoms with Gasteiger partial charge in [0.25, 0.3) is 10.0 Å². The first kappa shape index (κ1) is 17.6. The molecular formula is C18H20N4O4S. The number of nitrogens with zero attached hydrogens (tertiary/aromatic N) is 3. The third-order valence-corrected chi connectivity index (χ3v) is 6.22. The van der Waals surface area contributed by atoms with Crippen molar-refractivity contribution < 1.29 is 17.9 Å². The molecule has 0 unspecified atom stereocenters. The summed E-state index contributed by atoms with van der Waals surface area (Å²) in [5.41, 5.74) is 0.838. The maximum absolute atomic E-state index is 13.0. The zero-order valence-electron chi connectivity index (χ0n) is 15.0. The molecule has 0 bridgehead atoms. The Morgan fingerprint density at radius 3 is 2.63 bits per heavy atom. The highest BCUT2D eigenvalue weighted by atomic mass is 32.2. The minimum atomic E-state index is -3.92. The number of hydrogen-bond acceptors (Lipinski definition) is 6. The van der Waals surface area contributed by atoms with E-state index in [1.54, 1.807) is 24.3 Å². The van der Waals surface area contributed by atoms with Gasteiger partial charge in [-0.15, -0.1) is 10.2 Å². The van der Waals surface area contributed by atoms with Crippen LogP contribution in [-0.2, 0) is 10.0 Å². The summed E-state index contributed by atoms with van der Waals surface area (Å²) in [4.78, 5) is -0.00918. The molecule has 2 aromatic heterocycles. The lowest BCUT2D eigenvalue weighted by Gasteiger charge is -2.23. The maximum Gasteiger partial charge on any atom is 0.265 e. The Bertz CT molecular complexity index is 1090. The van der Waals surface area contributed by atoms with Crippen LogP contribution in [0.5, 0.6) is 11.5 Å². The number of nitrogens with one attached hydrogen (secondary N) is 1. The lowest BCUT2D eigenvalue weighted by Crippen LogP contribution is -2.15. The number of hydrogen-bond donors (Lipinski definition) is 1. The maximum atomic E-state index is 13.0. The van der Waals surface area contributed by atoms with Crippen molar-refractivity contribution in [2.24, 2.45) is 0 Å².